The van der Waals surface area contributed by atoms with Gasteiger partial charge in [-0.05, 0) is 25.1 Å². The smallest absolute Gasteiger partial charge is 0.413 e. The number of imidazole rings is 1. The Morgan fingerprint density at radius 2 is 2.10 bits per heavy atom. The number of amides is 2. The van der Waals surface area contributed by atoms with E-state index in [1.54, 1.807) is 6.92 Å². The fourth-order valence-corrected chi connectivity index (χ4v) is 3.20. The number of nitrogens with zero attached hydrogens (tertiary/aromatic N) is 4. The van der Waals surface area contributed by atoms with Crippen molar-refractivity contribution in [3.8, 4) is 11.4 Å². The minimum absolute atomic E-state index is 0.126. The van der Waals surface area contributed by atoms with Gasteiger partial charge in [0.1, 0.15) is 16.7 Å². The number of hydrogen-bond acceptors (Lipinski definition) is 5. The maximum atomic E-state index is 11.6. The Labute approximate surface area is 165 Å². The molecular formula is C19H19N7O3. The van der Waals surface area contributed by atoms with Crippen LogP contribution in [0.15, 0.2) is 30.6 Å². The zero-order valence-corrected chi connectivity index (χ0v) is 15.9. The summed E-state index contributed by atoms with van der Waals surface area (Å²) in [5.41, 5.74) is 3.82. The van der Waals surface area contributed by atoms with Crippen LogP contribution in [0.25, 0.3) is 33.5 Å². The molecule has 0 fully saturated rings. The molecular weight excluding hydrogens is 374 g/mol. The lowest BCUT2D eigenvalue weighted by Gasteiger charge is -2.16. The van der Waals surface area contributed by atoms with Crippen molar-refractivity contribution in [2.24, 2.45) is 0 Å². The fourth-order valence-electron chi connectivity index (χ4n) is 3.20. The van der Waals surface area contributed by atoms with Gasteiger partial charge in [-0.25, -0.2) is 19.7 Å². The van der Waals surface area contributed by atoms with Crippen LogP contribution in [-0.2, 0) is 11.3 Å². The van der Waals surface area contributed by atoms with Crippen LogP contribution in [0.2, 0.25) is 0 Å². The zero-order chi connectivity index (χ0) is 20.5. The number of carboxylic acid groups (broad SMARTS) is 1. The lowest BCUT2D eigenvalue weighted by Crippen LogP contribution is -2.29. The number of aromatic amines is 2. The van der Waals surface area contributed by atoms with Crippen molar-refractivity contribution in [2.75, 3.05) is 11.4 Å². The third-order valence-electron chi connectivity index (χ3n) is 4.54. The average Bonchev–Trinajstić information content (AvgIpc) is 3.33. The monoisotopic (exact) mass is 393 g/mol. The molecule has 0 saturated heterocycles. The van der Waals surface area contributed by atoms with Gasteiger partial charge in [0.05, 0.1) is 30.0 Å². The Morgan fingerprint density at radius 3 is 2.83 bits per heavy atom. The molecule has 2 amide bonds. The highest BCUT2D eigenvalue weighted by Gasteiger charge is 2.21. The molecule has 148 valence electrons. The largest absolute Gasteiger partial charge is 0.465 e. The predicted octanol–water partition coefficient (Wildman–Crippen LogP) is 2.64. The van der Waals surface area contributed by atoms with Gasteiger partial charge in [-0.2, -0.15) is 0 Å². The molecule has 0 aromatic carbocycles. The van der Waals surface area contributed by atoms with Gasteiger partial charge in [-0.15, -0.1) is 0 Å². The first-order valence-electron chi connectivity index (χ1n) is 9.05. The highest BCUT2D eigenvalue weighted by Crippen LogP contribution is 2.31. The van der Waals surface area contributed by atoms with Gasteiger partial charge in [0.25, 0.3) is 0 Å². The van der Waals surface area contributed by atoms with Gasteiger partial charge in [-0.3, -0.25) is 9.69 Å². The van der Waals surface area contributed by atoms with Crippen LogP contribution in [0.3, 0.4) is 0 Å². The van der Waals surface area contributed by atoms with E-state index in [9.17, 15) is 14.7 Å². The topological polar surface area (TPSA) is 140 Å². The van der Waals surface area contributed by atoms with Crippen molar-refractivity contribution < 1.29 is 14.7 Å². The summed E-state index contributed by atoms with van der Waals surface area (Å²) < 4.78 is 0. The number of fused-ring (bicyclic) bond motifs is 3. The zero-order valence-electron chi connectivity index (χ0n) is 15.9. The van der Waals surface area contributed by atoms with E-state index in [2.05, 4.69) is 30.2 Å². The van der Waals surface area contributed by atoms with Crippen LogP contribution in [-0.4, -0.2) is 48.6 Å². The number of anilines is 1. The third-order valence-corrected chi connectivity index (χ3v) is 4.54. The van der Waals surface area contributed by atoms with E-state index in [0.29, 0.717) is 34.7 Å². The van der Waals surface area contributed by atoms with Crippen LogP contribution in [0.1, 0.15) is 19.5 Å². The number of H-pyrrole nitrogens is 2. The number of pyridine rings is 2. The molecule has 4 aromatic heterocycles. The van der Waals surface area contributed by atoms with Crippen molar-refractivity contribution in [3.05, 3.63) is 36.3 Å². The molecule has 0 aliphatic heterocycles. The van der Waals surface area contributed by atoms with E-state index in [1.807, 2.05) is 24.3 Å². The van der Waals surface area contributed by atoms with Crippen LogP contribution < -0.4 is 10.2 Å². The molecule has 10 nitrogen and oxygen atoms in total. The number of carbonyl (C=O) groups excluding carboxylic acids is 1. The van der Waals surface area contributed by atoms with E-state index in [1.165, 1.54) is 13.3 Å². The van der Waals surface area contributed by atoms with Crippen LogP contribution >= 0.6 is 0 Å². The Hall–Kier alpha value is -3.95. The number of hydrogen-bond donors (Lipinski definition) is 4. The minimum atomic E-state index is -1.09. The van der Waals surface area contributed by atoms with Crippen molar-refractivity contribution >= 4 is 39.9 Å². The first-order valence-corrected chi connectivity index (χ1v) is 9.05. The molecule has 0 radical (unpaired) electrons. The second-order valence-corrected chi connectivity index (χ2v) is 6.46. The first-order chi connectivity index (χ1) is 14.0. The van der Waals surface area contributed by atoms with Crippen LogP contribution in [0, 0.1) is 0 Å². The summed E-state index contributed by atoms with van der Waals surface area (Å²) in [6.45, 7) is 3.78. The molecule has 4 aromatic rings. The highest BCUT2D eigenvalue weighted by molar-refractivity contribution is 6.09. The standard InChI is InChI=1S/C19H19N7O3/c1-3-26(19(28)29)18-16-15(21-9-22-16)12-7-14(24-17(12)25-18)13-6-4-5-11(23-13)8-20-10(2)27/h4-7,9H,3,8H2,1-2H3,(H,20,27)(H,21,22)(H,24,25)(H,28,29). The summed E-state index contributed by atoms with van der Waals surface area (Å²) in [4.78, 5) is 43.6. The number of nitrogens with one attached hydrogen (secondary N) is 3. The molecule has 29 heavy (non-hydrogen) atoms. The Balaban J connectivity index is 1.82. The molecule has 0 unspecified atom stereocenters. The molecule has 0 saturated carbocycles. The molecule has 0 bridgehead atoms. The molecule has 0 aliphatic carbocycles. The fraction of sp³-hybridized carbons (Fsp3) is 0.211. The van der Waals surface area contributed by atoms with Gasteiger partial charge >= 0.3 is 6.09 Å². The summed E-state index contributed by atoms with van der Waals surface area (Å²) in [6, 6.07) is 7.42. The first kappa shape index (κ1) is 18.4. The Morgan fingerprint density at radius 1 is 1.28 bits per heavy atom. The summed E-state index contributed by atoms with van der Waals surface area (Å²) in [5.74, 6) is 0.167. The van der Waals surface area contributed by atoms with Crippen LogP contribution in [0.4, 0.5) is 10.6 Å². The number of carbonyl (C=O) groups is 2. The van der Waals surface area contributed by atoms with Crippen molar-refractivity contribution in [1.29, 1.82) is 0 Å². The highest BCUT2D eigenvalue weighted by atomic mass is 16.4. The van der Waals surface area contributed by atoms with Crippen LogP contribution in [0.5, 0.6) is 0 Å². The van der Waals surface area contributed by atoms with Crippen molar-refractivity contribution in [3.63, 3.8) is 0 Å². The maximum absolute atomic E-state index is 11.6. The van der Waals surface area contributed by atoms with Crippen molar-refractivity contribution in [2.45, 2.75) is 20.4 Å². The van der Waals surface area contributed by atoms with Gasteiger partial charge in [0.15, 0.2) is 5.82 Å². The number of rotatable bonds is 5. The average molecular weight is 393 g/mol. The molecule has 4 N–H and O–H groups in total. The van der Waals surface area contributed by atoms with E-state index in [4.69, 9.17) is 0 Å². The maximum Gasteiger partial charge on any atom is 0.413 e. The minimum Gasteiger partial charge on any atom is -0.465 e. The number of aromatic nitrogens is 5. The molecule has 10 heteroatoms. The van der Waals surface area contributed by atoms with E-state index < -0.39 is 6.09 Å². The van der Waals surface area contributed by atoms with E-state index >= 15 is 0 Å². The second-order valence-electron chi connectivity index (χ2n) is 6.46. The molecule has 0 aliphatic rings. The van der Waals surface area contributed by atoms with E-state index in [-0.39, 0.29) is 12.5 Å². The molecule has 4 rings (SSSR count). The normalized spacial score (nSPS) is 11.1. The quantitative estimate of drug-likeness (QED) is 0.411. The van der Waals surface area contributed by atoms with Gasteiger partial charge < -0.3 is 20.4 Å². The van der Waals surface area contributed by atoms with Gasteiger partial charge in [0.2, 0.25) is 5.91 Å². The summed E-state index contributed by atoms with van der Waals surface area (Å²) in [5, 5.41) is 13.0. The van der Waals surface area contributed by atoms with Crippen molar-refractivity contribution in [1.82, 2.24) is 30.2 Å². The van der Waals surface area contributed by atoms with E-state index in [0.717, 1.165) is 21.7 Å². The molecule has 0 spiro atoms. The van der Waals surface area contributed by atoms with Gasteiger partial charge in [0, 0.05) is 18.9 Å². The second kappa shape index (κ2) is 7.23. The summed E-state index contributed by atoms with van der Waals surface area (Å²) in [6.07, 6.45) is 0.429. The summed E-state index contributed by atoms with van der Waals surface area (Å²) >= 11 is 0. The Bertz CT molecular complexity index is 1230. The predicted molar refractivity (Wildman–Crippen MR) is 108 cm³/mol. The lowest BCUT2D eigenvalue weighted by atomic mass is 10.2. The lowest BCUT2D eigenvalue weighted by molar-refractivity contribution is -0.119. The third kappa shape index (κ3) is 3.35. The Kier molecular flexibility index (Phi) is 4.59. The van der Waals surface area contributed by atoms with Gasteiger partial charge in [-0.1, -0.05) is 6.07 Å². The molecule has 0 atom stereocenters. The summed E-state index contributed by atoms with van der Waals surface area (Å²) in [7, 11) is 0. The SMILES string of the molecule is CCN(C(=O)O)c1nc2[nH]c(-c3cccc(CNC(C)=O)n3)cc2c2nc[nH]c12. The molecule has 4 heterocycles.